The first kappa shape index (κ1) is 18.7. The Labute approximate surface area is 154 Å². The minimum atomic E-state index is -0.478. The fourth-order valence-electron chi connectivity index (χ4n) is 3.34. The number of nitrogens with zero attached hydrogens (tertiary/aromatic N) is 4. The average Bonchev–Trinajstić information content (AvgIpc) is 2.61. The summed E-state index contributed by atoms with van der Waals surface area (Å²) < 4.78 is 16.8. The Kier molecular flexibility index (Phi) is 5.22. The minimum absolute atomic E-state index is 0.254. The average molecular weight is 364 g/mol. The molecule has 2 aliphatic heterocycles. The van der Waals surface area contributed by atoms with E-state index in [0.717, 1.165) is 19.4 Å². The van der Waals surface area contributed by atoms with Gasteiger partial charge in [-0.1, -0.05) is 0 Å². The molecule has 2 aliphatic rings. The number of hydrogen-bond donors (Lipinski definition) is 0. The third-order valence-electron chi connectivity index (χ3n) is 4.68. The third-order valence-corrected chi connectivity index (χ3v) is 4.68. The van der Waals surface area contributed by atoms with Crippen molar-refractivity contribution in [2.75, 3.05) is 44.8 Å². The van der Waals surface area contributed by atoms with Crippen molar-refractivity contribution in [3.05, 3.63) is 12.3 Å². The van der Waals surface area contributed by atoms with Gasteiger partial charge in [-0.3, -0.25) is 0 Å². The van der Waals surface area contributed by atoms with Crippen LogP contribution in [0.2, 0.25) is 0 Å². The summed E-state index contributed by atoms with van der Waals surface area (Å²) in [6, 6.07) is 1.74. The van der Waals surface area contributed by atoms with Gasteiger partial charge >= 0.3 is 6.09 Å². The molecule has 1 amide bonds. The number of aromatic nitrogens is 2. The second-order valence-electron chi connectivity index (χ2n) is 7.82. The number of methoxy groups -OCH3 is 1. The molecule has 0 bridgehead atoms. The van der Waals surface area contributed by atoms with Crippen LogP contribution in [0.3, 0.4) is 0 Å². The number of carbonyl (C=O) groups excluding carboxylic acids is 1. The van der Waals surface area contributed by atoms with Crippen LogP contribution < -0.4 is 9.64 Å². The van der Waals surface area contributed by atoms with Crippen LogP contribution >= 0.6 is 0 Å². The molecular formula is C18H28N4O4. The van der Waals surface area contributed by atoms with Crippen LogP contribution in [0.25, 0.3) is 0 Å². The van der Waals surface area contributed by atoms with Gasteiger partial charge in [-0.25, -0.2) is 9.78 Å². The molecule has 26 heavy (non-hydrogen) atoms. The molecule has 0 unspecified atom stereocenters. The highest BCUT2D eigenvalue weighted by Crippen LogP contribution is 2.32. The SMILES string of the molecule is COc1ccnc(N2CCOC3(CCN(C(=O)OC(C)(C)C)CC3)C2)n1. The molecule has 2 saturated heterocycles. The molecule has 0 atom stereocenters. The van der Waals surface area contributed by atoms with Crippen molar-refractivity contribution < 1.29 is 19.0 Å². The highest BCUT2D eigenvalue weighted by molar-refractivity contribution is 5.68. The van der Waals surface area contributed by atoms with Crippen molar-refractivity contribution in [1.82, 2.24) is 14.9 Å². The van der Waals surface area contributed by atoms with E-state index in [1.165, 1.54) is 0 Å². The summed E-state index contributed by atoms with van der Waals surface area (Å²) in [5.41, 5.74) is -0.753. The molecule has 2 fully saturated rings. The van der Waals surface area contributed by atoms with E-state index >= 15 is 0 Å². The van der Waals surface area contributed by atoms with Crippen molar-refractivity contribution in [3.8, 4) is 5.88 Å². The first-order chi connectivity index (χ1) is 12.3. The number of likely N-dealkylation sites (tertiary alicyclic amines) is 1. The fraction of sp³-hybridized carbons (Fsp3) is 0.722. The number of ether oxygens (including phenoxy) is 3. The third kappa shape index (κ3) is 4.35. The maximum Gasteiger partial charge on any atom is 0.410 e. The van der Waals surface area contributed by atoms with Crippen LogP contribution in [0.5, 0.6) is 5.88 Å². The molecule has 0 saturated carbocycles. The lowest BCUT2D eigenvalue weighted by Gasteiger charge is -2.47. The molecule has 1 aromatic rings. The zero-order valence-electron chi connectivity index (χ0n) is 16.0. The number of rotatable bonds is 2. The summed E-state index contributed by atoms with van der Waals surface area (Å²) in [6.07, 6.45) is 2.99. The van der Waals surface area contributed by atoms with E-state index in [4.69, 9.17) is 14.2 Å². The molecule has 3 rings (SSSR count). The van der Waals surface area contributed by atoms with Crippen molar-refractivity contribution in [1.29, 1.82) is 0 Å². The monoisotopic (exact) mass is 364 g/mol. The Morgan fingerprint density at radius 3 is 2.65 bits per heavy atom. The van der Waals surface area contributed by atoms with Gasteiger partial charge in [0.25, 0.3) is 0 Å². The lowest BCUT2D eigenvalue weighted by Crippen LogP contribution is -2.58. The van der Waals surface area contributed by atoms with Crippen molar-refractivity contribution in [3.63, 3.8) is 0 Å². The summed E-state index contributed by atoms with van der Waals surface area (Å²) in [7, 11) is 1.60. The van der Waals surface area contributed by atoms with Gasteiger partial charge in [-0.05, 0) is 33.6 Å². The van der Waals surface area contributed by atoms with Crippen LogP contribution in [-0.2, 0) is 9.47 Å². The van der Waals surface area contributed by atoms with Gasteiger partial charge in [-0.15, -0.1) is 0 Å². The number of morpholine rings is 1. The summed E-state index contributed by atoms with van der Waals surface area (Å²) in [5, 5.41) is 0. The Morgan fingerprint density at radius 1 is 1.27 bits per heavy atom. The van der Waals surface area contributed by atoms with Gasteiger partial charge < -0.3 is 24.0 Å². The predicted molar refractivity (Wildman–Crippen MR) is 96.5 cm³/mol. The number of piperidine rings is 1. The van der Waals surface area contributed by atoms with Crippen molar-refractivity contribution in [2.45, 2.75) is 44.8 Å². The Morgan fingerprint density at radius 2 is 2.00 bits per heavy atom. The number of hydrogen-bond acceptors (Lipinski definition) is 7. The zero-order chi connectivity index (χ0) is 18.8. The largest absolute Gasteiger partial charge is 0.481 e. The number of anilines is 1. The molecule has 3 heterocycles. The quantitative estimate of drug-likeness (QED) is 0.795. The maximum atomic E-state index is 12.3. The first-order valence-corrected chi connectivity index (χ1v) is 9.04. The Bertz CT molecular complexity index is 638. The van der Waals surface area contributed by atoms with Crippen LogP contribution in [0.4, 0.5) is 10.7 Å². The van der Waals surface area contributed by atoms with Gasteiger partial charge in [0.1, 0.15) is 5.60 Å². The molecule has 0 radical (unpaired) electrons. The molecule has 1 aromatic heterocycles. The van der Waals surface area contributed by atoms with E-state index in [2.05, 4.69) is 14.9 Å². The van der Waals surface area contributed by atoms with Crippen LogP contribution in [0.15, 0.2) is 12.3 Å². The lowest BCUT2D eigenvalue weighted by atomic mass is 9.89. The van der Waals surface area contributed by atoms with Crippen LogP contribution in [-0.4, -0.2) is 72.1 Å². The first-order valence-electron chi connectivity index (χ1n) is 9.04. The Balaban J connectivity index is 1.62. The van der Waals surface area contributed by atoms with Gasteiger partial charge in [0.05, 0.1) is 25.9 Å². The fourth-order valence-corrected chi connectivity index (χ4v) is 3.34. The molecule has 8 heteroatoms. The van der Waals surface area contributed by atoms with E-state index in [9.17, 15) is 4.79 Å². The molecule has 0 aliphatic carbocycles. The minimum Gasteiger partial charge on any atom is -0.481 e. The number of amides is 1. The second-order valence-corrected chi connectivity index (χ2v) is 7.82. The van der Waals surface area contributed by atoms with E-state index in [1.807, 2.05) is 20.8 Å². The maximum absolute atomic E-state index is 12.3. The summed E-state index contributed by atoms with van der Waals surface area (Å²) in [6.45, 7) is 8.97. The van der Waals surface area contributed by atoms with E-state index in [-0.39, 0.29) is 11.7 Å². The topological polar surface area (TPSA) is 77.0 Å². The Hall–Kier alpha value is -2.09. The predicted octanol–water partition coefficient (Wildman–Crippen LogP) is 2.09. The molecule has 144 valence electrons. The highest BCUT2D eigenvalue weighted by atomic mass is 16.6. The summed E-state index contributed by atoms with van der Waals surface area (Å²) in [4.78, 5) is 25.0. The van der Waals surface area contributed by atoms with Gasteiger partial charge in [-0.2, -0.15) is 4.98 Å². The van der Waals surface area contributed by atoms with Gasteiger partial charge in [0.15, 0.2) is 0 Å². The van der Waals surface area contributed by atoms with Crippen molar-refractivity contribution in [2.24, 2.45) is 0 Å². The molecule has 8 nitrogen and oxygen atoms in total. The van der Waals surface area contributed by atoms with E-state index in [0.29, 0.717) is 38.1 Å². The second kappa shape index (κ2) is 7.26. The lowest BCUT2D eigenvalue weighted by molar-refractivity contribution is -0.0915. The molecular weight excluding hydrogens is 336 g/mol. The number of carbonyl (C=O) groups is 1. The standard InChI is InChI=1S/C18H28N4O4/c1-17(2,3)26-16(23)21-9-6-18(7-10-21)13-22(11-12-25-18)15-19-8-5-14(20-15)24-4/h5,8H,6-7,9-13H2,1-4H3. The normalized spacial score (nSPS) is 20.2. The van der Waals surface area contributed by atoms with E-state index in [1.54, 1.807) is 24.3 Å². The smallest absolute Gasteiger partial charge is 0.410 e. The highest BCUT2D eigenvalue weighted by Gasteiger charge is 2.42. The van der Waals surface area contributed by atoms with E-state index < -0.39 is 5.60 Å². The molecule has 0 aromatic carbocycles. The van der Waals surface area contributed by atoms with Crippen LogP contribution in [0, 0.1) is 0 Å². The van der Waals surface area contributed by atoms with Crippen LogP contribution in [0.1, 0.15) is 33.6 Å². The zero-order valence-corrected chi connectivity index (χ0v) is 16.0. The van der Waals surface area contributed by atoms with Gasteiger partial charge in [0, 0.05) is 31.9 Å². The van der Waals surface area contributed by atoms with Crippen molar-refractivity contribution >= 4 is 12.0 Å². The summed E-state index contributed by atoms with van der Waals surface area (Å²) >= 11 is 0. The molecule has 1 spiro atoms. The summed E-state index contributed by atoms with van der Waals surface area (Å²) in [5.74, 6) is 1.21. The molecule has 0 N–H and O–H groups in total. The van der Waals surface area contributed by atoms with Gasteiger partial charge in [0.2, 0.25) is 11.8 Å².